The summed E-state index contributed by atoms with van der Waals surface area (Å²) in [7, 11) is -3.78. The van der Waals surface area contributed by atoms with E-state index in [4.69, 9.17) is 0 Å². The first-order valence-electron chi connectivity index (χ1n) is 9.15. The topological polar surface area (TPSA) is 110 Å². The minimum absolute atomic E-state index is 0.00269. The maximum Gasteiger partial charge on any atom is 0.274 e. The molecule has 0 spiro atoms. The summed E-state index contributed by atoms with van der Waals surface area (Å²) >= 11 is 0. The summed E-state index contributed by atoms with van der Waals surface area (Å²) in [5, 5.41) is 16.2. The van der Waals surface area contributed by atoms with Gasteiger partial charge in [0.1, 0.15) is 11.8 Å². The third kappa shape index (κ3) is 4.08. The molecule has 1 saturated heterocycles. The van der Waals surface area contributed by atoms with Crippen molar-refractivity contribution in [3.05, 3.63) is 47.3 Å². The fraction of sp³-hybridized carbons (Fsp3) is 0.421. The normalized spacial score (nSPS) is 15.6. The zero-order valence-electron chi connectivity index (χ0n) is 15.9. The highest BCUT2D eigenvalue weighted by Crippen LogP contribution is 2.21. The van der Waals surface area contributed by atoms with Crippen molar-refractivity contribution in [2.45, 2.75) is 25.2 Å². The maximum absolute atomic E-state index is 12.9. The first-order chi connectivity index (χ1) is 13.3. The predicted molar refractivity (Wildman–Crippen MR) is 103 cm³/mol. The van der Waals surface area contributed by atoms with Crippen molar-refractivity contribution in [3.63, 3.8) is 0 Å². The van der Waals surface area contributed by atoms with Crippen LogP contribution in [0.4, 0.5) is 0 Å². The van der Waals surface area contributed by atoms with Gasteiger partial charge >= 0.3 is 0 Å². The lowest BCUT2D eigenvalue weighted by molar-refractivity contribution is 0.0692. The Kier molecular flexibility index (Phi) is 5.82. The van der Waals surface area contributed by atoms with Crippen LogP contribution in [0.2, 0.25) is 0 Å². The molecule has 28 heavy (non-hydrogen) atoms. The van der Waals surface area contributed by atoms with Gasteiger partial charge in [0.25, 0.3) is 5.91 Å². The molecule has 0 aliphatic carbocycles. The molecule has 2 aromatic rings. The number of carbonyl (C=O) groups excluding carboxylic acids is 1. The first kappa shape index (κ1) is 20.0. The molecule has 1 N–H and O–H groups in total. The standard InChI is InChI=1S/C19H23N5O3S/c1-14(2)11-16-12-17(22-21-16)19(25)23-7-9-24(10-8-23)28(26,27)18-6-4-3-5-15(18)13-20/h3-6,12,14H,7-11H2,1-2H3,(H,21,22). The number of amides is 1. The fourth-order valence-electron chi connectivity index (χ4n) is 3.23. The summed E-state index contributed by atoms with van der Waals surface area (Å²) in [6.45, 7) is 5.09. The van der Waals surface area contributed by atoms with Crippen LogP contribution < -0.4 is 0 Å². The predicted octanol–water partition coefficient (Wildman–Crippen LogP) is 1.63. The highest BCUT2D eigenvalue weighted by atomic mass is 32.2. The summed E-state index contributed by atoms with van der Waals surface area (Å²) in [6, 6.07) is 9.83. The molecule has 8 nitrogen and oxygen atoms in total. The van der Waals surface area contributed by atoms with Crippen molar-refractivity contribution >= 4 is 15.9 Å². The van der Waals surface area contributed by atoms with E-state index < -0.39 is 10.0 Å². The summed E-state index contributed by atoms with van der Waals surface area (Å²) in [6.07, 6.45) is 0.810. The van der Waals surface area contributed by atoms with Gasteiger partial charge in [0.15, 0.2) is 0 Å². The number of sulfonamides is 1. The monoisotopic (exact) mass is 401 g/mol. The van der Waals surface area contributed by atoms with E-state index in [0.29, 0.717) is 11.6 Å². The summed E-state index contributed by atoms with van der Waals surface area (Å²) in [5.41, 5.74) is 1.38. The lowest BCUT2D eigenvalue weighted by atomic mass is 10.1. The van der Waals surface area contributed by atoms with Crippen LogP contribution in [0, 0.1) is 17.2 Å². The molecule has 0 radical (unpaired) electrons. The number of rotatable bonds is 5. The van der Waals surface area contributed by atoms with Gasteiger partial charge in [-0.25, -0.2) is 8.42 Å². The average molecular weight is 401 g/mol. The van der Waals surface area contributed by atoms with Crippen molar-refractivity contribution in [3.8, 4) is 6.07 Å². The van der Waals surface area contributed by atoms with Gasteiger partial charge in [0, 0.05) is 31.9 Å². The number of hydrogen-bond donors (Lipinski definition) is 1. The fourth-order valence-corrected chi connectivity index (χ4v) is 4.80. The molecule has 1 aromatic heterocycles. The number of hydrogen-bond acceptors (Lipinski definition) is 5. The van der Waals surface area contributed by atoms with E-state index >= 15 is 0 Å². The van der Waals surface area contributed by atoms with Gasteiger partial charge in [-0.3, -0.25) is 9.89 Å². The van der Waals surface area contributed by atoms with Gasteiger partial charge in [-0.1, -0.05) is 26.0 Å². The van der Waals surface area contributed by atoms with Crippen LogP contribution in [0.3, 0.4) is 0 Å². The third-order valence-electron chi connectivity index (χ3n) is 4.63. The smallest absolute Gasteiger partial charge is 0.274 e. The van der Waals surface area contributed by atoms with Crippen molar-refractivity contribution in [2.24, 2.45) is 5.92 Å². The number of H-pyrrole nitrogens is 1. The number of nitrogens with zero attached hydrogens (tertiary/aromatic N) is 4. The highest BCUT2D eigenvalue weighted by Gasteiger charge is 2.32. The number of nitriles is 1. The number of aromatic amines is 1. The Morgan fingerprint density at radius 1 is 1.25 bits per heavy atom. The molecule has 1 aromatic carbocycles. The summed E-state index contributed by atoms with van der Waals surface area (Å²) in [4.78, 5) is 14.3. The Labute approximate surface area is 164 Å². The Balaban J connectivity index is 1.68. The number of carbonyl (C=O) groups is 1. The van der Waals surface area contributed by atoms with Crippen LogP contribution in [-0.4, -0.2) is 59.9 Å². The summed E-state index contributed by atoms with van der Waals surface area (Å²) in [5.74, 6) is 0.245. The average Bonchev–Trinajstić information content (AvgIpc) is 3.15. The zero-order chi connectivity index (χ0) is 20.3. The van der Waals surface area contributed by atoms with Gasteiger partial charge in [-0.15, -0.1) is 0 Å². The maximum atomic E-state index is 12.9. The molecule has 1 amide bonds. The van der Waals surface area contributed by atoms with Gasteiger partial charge in [0.2, 0.25) is 10.0 Å². The molecule has 2 heterocycles. The van der Waals surface area contributed by atoms with Crippen LogP contribution in [0.1, 0.15) is 35.6 Å². The Morgan fingerprint density at radius 2 is 1.93 bits per heavy atom. The van der Waals surface area contributed by atoms with Gasteiger partial charge in [-0.05, 0) is 30.5 Å². The van der Waals surface area contributed by atoms with E-state index in [1.807, 2.05) is 6.07 Å². The summed E-state index contributed by atoms with van der Waals surface area (Å²) < 4.78 is 27.1. The van der Waals surface area contributed by atoms with Crippen molar-refractivity contribution in [2.75, 3.05) is 26.2 Å². The van der Waals surface area contributed by atoms with Crippen molar-refractivity contribution in [1.82, 2.24) is 19.4 Å². The van der Waals surface area contributed by atoms with Gasteiger partial charge in [-0.2, -0.15) is 14.7 Å². The molecule has 0 unspecified atom stereocenters. The lowest BCUT2D eigenvalue weighted by Crippen LogP contribution is -2.50. The molecular formula is C19H23N5O3S. The van der Waals surface area contributed by atoms with Crippen molar-refractivity contribution in [1.29, 1.82) is 5.26 Å². The van der Waals surface area contributed by atoms with E-state index in [0.717, 1.165) is 12.1 Å². The van der Waals surface area contributed by atoms with Gasteiger partial charge < -0.3 is 4.90 Å². The van der Waals surface area contributed by atoms with E-state index in [1.54, 1.807) is 23.1 Å². The Bertz CT molecular complexity index is 999. The number of nitrogens with one attached hydrogen (secondary N) is 1. The Morgan fingerprint density at radius 3 is 2.57 bits per heavy atom. The second-order valence-electron chi connectivity index (χ2n) is 7.18. The van der Waals surface area contributed by atoms with Crippen LogP contribution in [0.5, 0.6) is 0 Å². The second-order valence-corrected chi connectivity index (χ2v) is 9.09. The quantitative estimate of drug-likeness (QED) is 0.819. The molecule has 148 valence electrons. The number of piperazine rings is 1. The van der Waals surface area contributed by atoms with E-state index in [1.165, 1.54) is 16.4 Å². The second kappa shape index (κ2) is 8.12. The van der Waals surface area contributed by atoms with E-state index in [2.05, 4.69) is 24.0 Å². The van der Waals surface area contributed by atoms with E-state index in [-0.39, 0.29) is 42.5 Å². The number of benzene rings is 1. The highest BCUT2D eigenvalue weighted by molar-refractivity contribution is 7.89. The molecule has 1 fully saturated rings. The molecule has 1 aliphatic heterocycles. The molecule has 3 rings (SSSR count). The first-order valence-corrected chi connectivity index (χ1v) is 10.6. The third-order valence-corrected chi connectivity index (χ3v) is 6.59. The van der Waals surface area contributed by atoms with Crippen LogP contribution >= 0.6 is 0 Å². The zero-order valence-corrected chi connectivity index (χ0v) is 16.7. The molecule has 0 saturated carbocycles. The van der Waals surface area contributed by atoms with Crippen molar-refractivity contribution < 1.29 is 13.2 Å². The number of aromatic nitrogens is 2. The Hall–Kier alpha value is -2.70. The largest absolute Gasteiger partial charge is 0.335 e. The minimum Gasteiger partial charge on any atom is -0.335 e. The molecule has 9 heteroatoms. The van der Waals surface area contributed by atoms with Crippen LogP contribution in [0.25, 0.3) is 0 Å². The minimum atomic E-state index is -3.78. The SMILES string of the molecule is CC(C)Cc1cc(C(=O)N2CCN(S(=O)(=O)c3ccccc3C#N)CC2)n[nH]1. The van der Waals surface area contributed by atoms with Crippen LogP contribution in [-0.2, 0) is 16.4 Å². The van der Waals surface area contributed by atoms with Gasteiger partial charge in [0.05, 0.1) is 10.5 Å². The molecular weight excluding hydrogens is 378 g/mol. The van der Waals surface area contributed by atoms with Crippen LogP contribution in [0.15, 0.2) is 35.2 Å². The van der Waals surface area contributed by atoms with E-state index in [9.17, 15) is 18.5 Å². The molecule has 0 bridgehead atoms. The molecule has 1 aliphatic rings. The lowest BCUT2D eigenvalue weighted by Gasteiger charge is -2.33. The molecule has 0 atom stereocenters.